The van der Waals surface area contributed by atoms with Gasteiger partial charge in [-0.05, 0) is 6.92 Å². The van der Waals surface area contributed by atoms with Crippen LogP contribution in [0.1, 0.15) is 6.92 Å². The van der Waals surface area contributed by atoms with Crippen molar-refractivity contribution in [3.05, 3.63) is 0 Å². The van der Waals surface area contributed by atoms with Crippen LogP contribution in [0.15, 0.2) is 0 Å². The van der Waals surface area contributed by atoms with Crippen LogP contribution < -0.4 is 0 Å². The Morgan fingerprint density at radius 1 is 0.800 bits per heavy atom. The molecule has 0 spiro atoms. The second-order valence-corrected chi connectivity index (χ2v) is 4.78. The van der Waals surface area contributed by atoms with Crippen LogP contribution in [0.25, 0.3) is 0 Å². The molecule has 0 saturated carbocycles. The zero-order valence-corrected chi connectivity index (χ0v) is 13.8. The molecular weight excluding hydrogens is 404 g/mol. The summed E-state index contributed by atoms with van der Waals surface area (Å²) in [5.41, 5.74) is -11.3. The summed E-state index contributed by atoms with van der Waals surface area (Å²) in [5, 5.41) is 0. The molecule has 20 heavy (non-hydrogen) atoms. The Morgan fingerprint density at radius 2 is 0.850 bits per heavy atom. The Hall–Kier alpha value is -0.307. The molecule has 0 N–H and O–H groups in total. The van der Waals surface area contributed by atoms with Crippen LogP contribution in [0.3, 0.4) is 0 Å². The molecule has 0 heterocycles. The van der Waals surface area contributed by atoms with Crippen molar-refractivity contribution >= 4 is 26.5 Å². The Labute approximate surface area is 121 Å². The van der Waals surface area contributed by atoms with Gasteiger partial charge in [-0.15, -0.1) is 0 Å². The Kier molecular flexibility index (Phi) is 13.4. The molecule has 118 valence electrons. The van der Waals surface area contributed by atoms with E-state index in [0.717, 1.165) is 6.29 Å². The van der Waals surface area contributed by atoms with Gasteiger partial charge >= 0.3 is 30.5 Å². The van der Waals surface area contributed by atoms with E-state index in [1.807, 2.05) is 0 Å². The molecule has 0 aliphatic carbocycles. The summed E-state index contributed by atoms with van der Waals surface area (Å²) >= 11 is 0. The number of hydrogen-bond acceptors (Lipinski definition) is 7. The van der Waals surface area contributed by atoms with Gasteiger partial charge in [0.2, 0.25) is 0 Å². The first-order valence-corrected chi connectivity index (χ1v) is 6.17. The van der Waals surface area contributed by atoms with E-state index in [0.29, 0.717) is 0 Å². The maximum Gasteiger partial charge on any atom is 2.00 e. The van der Waals surface area contributed by atoms with Gasteiger partial charge in [0.05, 0.1) is 0 Å². The SMILES string of the molecule is CC=O.O=S(=O)([O-])C(F)(F)F.O=S(=O)([O-])C(F)(F)F.[Zn+2]. The molecular formula is C4H4F6O7S2Zn. The van der Waals surface area contributed by atoms with Crippen molar-refractivity contribution < 1.29 is 76.6 Å². The zero-order valence-electron chi connectivity index (χ0n) is 9.23. The molecule has 0 unspecified atom stereocenters. The van der Waals surface area contributed by atoms with E-state index in [2.05, 4.69) is 0 Å². The summed E-state index contributed by atoms with van der Waals surface area (Å²) in [7, 11) is -12.2. The fraction of sp³-hybridized carbons (Fsp3) is 0.750. The number of rotatable bonds is 0. The molecule has 16 heteroatoms. The standard InChI is InChI=1S/C2H4O.2CHF3O3S.Zn/c1-2-3;2*2-1(3,4)8(5,6)7;/h2H,1H3;2*(H,5,6,7);/q;;;+2/p-2. The number of halogens is 6. The number of carbonyl (C=O) groups is 1. The average Bonchev–Trinajstić information content (AvgIpc) is 1.97. The van der Waals surface area contributed by atoms with E-state index in [1.165, 1.54) is 6.92 Å². The third-order valence-electron chi connectivity index (χ3n) is 0.567. The zero-order chi connectivity index (χ0) is 16.7. The summed E-state index contributed by atoms with van der Waals surface area (Å²) in [6, 6.07) is 0. The normalized spacial score (nSPS) is 11.8. The van der Waals surface area contributed by atoms with E-state index < -0.39 is 31.3 Å². The van der Waals surface area contributed by atoms with Gasteiger partial charge in [0.25, 0.3) is 0 Å². The van der Waals surface area contributed by atoms with Crippen molar-refractivity contribution in [2.75, 3.05) is 0 Å². The number of aldehydes is 1. The van der Waals surface area contributed by atoms with Crippen molar-refractivity contribution in [1.29, 1.82) is 0 Å². The van der Waals surface area contributed by atoms with Crippen LogP contribution in [0.5, 0.6) is 0 Å². The Bertz CT molecular complexity index is 421. The Morgan fingerprint density at radius 3 is 0.850 bits per heavy atom. The minimum atomic E-state index is -6.09. The van der Waals surface area contributed by atoms with Crippen molar-refractivity contribution in [3.63, 3.8) is 0 Å². The summed E-state index contributed by atoms with van der Waals surface area (Å²) in [6.45, 7) is 1.44. The third kappa shape index (κ3) is 15.7. The molecule has 0 atom stereocenters. The Balaban J connectivity index is -0.000000103. The van der Waals surface area contributed by atoms with Gasteiger partial charge < -0.3 is 13.9 Å². The molecule has 0 aliphatic heterocycles. The van der Waals surface area contributed by atoms with Gasteiger partial charge in [0.1, 0.15) is 6.29 Å². The van der Waals surface area contributed by atoms with E-state index in [9.17, 15) is 26.3 Å². The fourth-order valence-electron chi connectivity index (χ4n) is 0. The summed E-state index contributed by atoms with van der Waals surface area (Å²) in [5.74, 6) is 0. The fourth-order valence-corrected chi connectivity index (χ4v) is 0. The quantitative estimate of drug-likeness (QED) is 0.185. The maximum atomic E-state index is 10.7. The van der Waals surface area contributed by atoms with Gasteiger partial charge in [-0.1, -0.05) is 0 Å². The van der Waals surface area contributed by atoms with Gasteiger partial charge in [0, 0.05) is 0 Å². The predicted octanol–water partition coefficient (Wildman–Crippen LogP) is 0.306. The van der Waals surface area contributed by atoms with Crippen molar-refractivity contribution in [3.8, 4) is 0 Å². The summed E-state index contributed by atoms with van der Waals surface area (Å²) < 4.78 is 118. The molecule has 0 aromatic carbocycles. The molecule has 0 aromatic rings. The molecule has 0 amide bonds. The summed E-state index contributed by atoms with van der Waals surface area (Å²) in [4.78, 5) is 8.81. The smallest absolute Gasteiger partial charge is 0.741 e. The third-order valence-corrected chi connectivity index (χ3v) is 1.70. The van der Waals surface area contributed by atoms with Gasteiger partial charge in [0.15, 0.2) is 20.2 Å². The minimum Gasteiger partial charge on any atom is -0.741 e. The van der Waals surface area contributed by atoms with E-state index in [-0.39, 0.29) is 19.5 Å². The number of alkyl halides is 6. The second-order valence-electron chi connectivity index (χ2n) is 2.04. The summed E-state index contributed by atoms with van der Waals surface area (Å²) in [6.07, 6.45) is 0.750. The molecule has 7 nitrogen and oxygen atoms in total. The van der Waals surface area contributed by atoms with Gasteiger partial charge in [-0.25, -0.2) is 16.8 Å². The largest absolute Gasteiger partial charge is 2.00 e. The van der Waals surface area contributed by atoms with Crippen molar-refractivity contribution in [2.45, 2.75) is 17.9 Å². The van der Waals surface area contributed by atoms with Crippen LogP contribution in [0.4, 0.5) is 26.3 Å². The molecule has 0 bridgehead atoms. The monoisotopic (exact) mass is 406 g/mol. The molecule has 0 fully saturated rings. The predicted molar refractivity (Wildman–Crippen MR) is 43.2 cm³/mol. The van der Waals surface area contributed by atoms with Crippen LogP contribution in [-0.4, -0.2) is 43.2 Å². The maximum absolute atomic E-state index is 10.7. The first kappa shape index (κ1) is 27.9. The number of carbonyl (C=O) groups excluding carboxylic acids is 1. The van der Waals surface area contributed by atoms with E-state index in [1.54, 1.807) is 0 Å². The second kappa shape index (κ2) is 9.60. The molecule has 0 rings (SSSR count). The molecule has 0 aliphatic rings. The van der Waals surface area contributed by atoms with Crippen molar-refractivity contribution in [1.82, 2.24) is 0 Å². The molecule has 0 radical (unpaired) electrons. The first-order valence-electron chi connectivity index (χ1n) is 3.36. The topological polar surface area (TPSA) is 131 Å². The molecule has 0 aromatic heterocycles. The van der Waals surface area contributed by atoms with Crippen LogP contribution in [0, 0.1) is 0 Å². The minimum absolute atomic E-state index is 0. The van der Waals surface area contributed by atoms with Crippen molar-refractivity contribution in [2.24, 2.45) is 0 Å². The van der Waals surface area contributed by atoms with Crippen LogP contribution in [-0.2, 0) is 44.5 Å². The molecule has 0 saturated heterocycles. The van der Waals surface area contributed by atoms with E-state index in [4.69, 9.17) is 30.7 Å². The first-order chi connectivity index (χ1) is 7.91. The van der Waals surface area contributed by atoms with Crippen LogP contribution >= 0.6 is 0 Å². The number of hydrogen-bond donors (Lipinski definition) is 0. The average molecular weight is 408 g/mol. The van der Waals surface area contributed by atoms with Gasteiger partial charge in [-0.3, -0.25) is 0 Å². The van der Waals surface area contributed by atoms with Gasteiger partial charge in [-0.2, -0.15) is 26.3 Å². The van der Waals surface area contributed by atoms with Crippen LogP contribution in [0.2, 0.25) is 0 Å². The van der Waals surface area contributed by atoms with E-state index >= 15 is 0 Å².